The lowest BCUT2D eigenvalue weighted by Crippen LogP contribution is -2.51. The molecule has 1 rings (SSSR count). The fourth-order valence-corrected chi connectivity index (χ4v) is 2.28. The molecule has 3 heteroatoms. The molecule has 0 aromatic carbocycles. The predicted molar refractivity (Wildman–Crippen MR) is 52.8 cm³/mol. The van der Waals surface area contributed by atoms with Crippen LogP contribution in [0.25, 0.3) is 0 Å². The molecular weight excluding hydrogens is 220 g/mol. The summed E-state index contributed by atoms with van der Waals surface area (Å²) in [7, 11) is 0. The number of hydrogen-bond donors (Lipinski definition) is 0. The van der Waals surface area contributed by atoms with Gasteiger partial charge in [0.2, 0.25) is 0 Å². The molecule has 0 saturated heterocycles. The van der Waals surface area contributed by atoms with Gasteiger partial charge in [-0.25, -0.2) is 0 Å². The quantitative estimate of drug-likeness (QED) is 0.699. The van der Waals surface area contributed by atoms with Crippen LogP contribution in [0.4, 0.5) is 0 Å². The third-order valence-electron chi connectivity index (χ3n) is 1.99. The molecular formula is C9H17BrO2. The van der Waals surface area contributed by atoms with Crippen LogP contribution in [0.15, 0.2) is 0 Å². The summed E-state index contributed by atoms with van der Waals surface area (Å²) in [4.78, 5) is 0.487. The van der Waals surface area contributed by atoms with Gasteiger partial charge in [-0.15, -0.1) is 0 Å². The molecule has 0 aliphatic heterocycles. The SMILES string of the molecule is CCOC1C(Br)CC1OC(C)C. The van der Waals surface area contributed by atoms with Gasteiger partial charge in [-0.2, -0.15) is 0 Å². The molecule has 1 aliphatic rings. The van der Waals surface area contributed by atoms with E-state index in [1.54, 1.807) is 0 Å². The van der Waals surface area contributed by atoms with Gasteiger partial charge in [0.15, 0.2) is 0 Å². The number of halogens is 1. The maximum absolute atomic E-state index is 5.67. The average Bonchev–Trinajstić information content (AvgIpc) is 1.99. The minimum atomic E-state index is 0.261. The highest BCUT2D eigenvalue weighted by Crippen LogP contribution is 2.33. The molecule has 72 valence electrons. The zero-order valence-electron chi connectivity index (χ0n) is 7.92. The molecule has 1 aliphatic carbocycles. The van der Waals surface area contributed by atoms with E-state index in [-0.39, 0.29) is 6.10 Å². The molecule has 1 saturated carbocycles. The van der Waals surface area contributed by atoms with Gasteiger partial charge in [-0.05, 0) is 27.2 Å². The number of alkyl halides is 1. The Morgan fingerprint density at radius 1 is 1.50 bits per heavy atom. The Labute approximate surface area is 82.7 Å². The first kappa shape index (κ1) is 10.5. The van der Waals surface area contributed by atoms with Crippen LogP contribution in [0.5, 0.6) is 0 Å². The zero-order valence-corrected chi connectivity index (χ0v) is 9.50. The molecule has 0 aromatic rings. The van der Waals surface area contributed by atoms with E-state index in [9.17, 15) is 0 Å². The van der Waals surface area contributed by atoms with Gasteiger partial charge >= 0.3 is 0 Å². The number of ether oxygens (including phenoxy) is 2. The van der Waals surface area contributed by atoms with E-state index < -0.39 is 0 Å². The first-order valence-corrected chi connectivity index (χ1v) is 5.47. The average molecular weight is 237 g/mol. The van der Waals surface area contributed by atoms with E-state index >= 15 is 0 Å². The monoisotopic (exact) mass is 236 g/mol. The smallest absolute Gasteiger partial charge is 0.0962 e. The van der Waals surface area contributed by atoms with Gasteiger partial charge in [0.25, 0.3) is 0 Å². The summed E-state index contributed by atoms with van der Waals surface area (Å²) in [6, 6.07) is 0. The van der Waals surface area contributed by atoms with E-state index in [2.05, 4.69) is 29.8 Å². The molecule has 2 nitrogen and oxygen atoms in total. The Morgan fingerprint density at radius 3 is 2.58 bits per heavy atom. The zero-order chi connectivity index (χ0) is 9.14. The van der Waals surface area contributed by atoms with E-state index in [0.29, 0.717) is 17.0 Å². The molecule has 3 unspecified atom stereocenters. The lowest BCUT2D eigenvalue weighted by Gasteiger charge is -2.41. The van der Waals surface area contributed by atoms with Crippen molar-refractivity contribution in [2.45, 2.75) is 50.3 Å². The summed E-state index contributed by atoms with van der Waals surface area (Å²) >= 11 is 3.55. The van der Waals surface area contributed by atoms with Crippen molar-refractivity contribution >= 4 is 15.9 Å². The highest BCUT2D eigenvalue weighted by atomic mass is 79.9. The van der Waals surface area contributed by atoms with Crippen molar-refractivity contribution in [1.82, 2.24) is 0 Å². The summed E-state index contributed by atoms with van der Waals surface area (Å²) in [6.45, 7) is 6.91. The van der Waals surface area contributed by atoms with Crippen LogP contribution in [0.1, 0.15) is 27.2 Å². The Hall–Kier alpha value is 0.400. The first-order chi connectivity index (χ1) is 5.65. The number of rotatable bonds is 4. The molecule has 3 atom stereocenters. The van der Waals surface area contributed by atoms with Crippen molar-refractivity contribution in [3.63, 3.8) is 0 Å². The molecule has 0 aromatic heterocycles. The molecule has 0 N–H and O–H groups in total. The van der Waals surface area contributed by atoms with E-state index in [1.165, 1.54) is 0 Å². The van der Waals surface area contributed by atoms with Gasteiger partial charge in [0.1, 0.15) is 0 Å². The normalized spacial score (nSPS) is 35.2. The van der Waals surface area contributed by atoms with Crippen LogP contribution in [0.2, 0.25) is 0 Å². The van der Waals surface area contributed by atoms with E-state index in [4.69, 9.17) is 9.47 Å². The minimum Gasteiger partial charge on any atom is -0.375 e. The fraction of sp³-hybridized carbons (Fsp3) is 1.00. The van der Waals surface area contributed by atoms with Gasteiger partial charge in [-0.1, -0.05) is 15.9 Å². The van der Waals surface area contributed by atoms with Gasteiger partial charge in [0, 0.05) is 11.4 Å². The summed E-state index contributed by atoms with van der Waals surface area (Å²) in [5, 5.41) is 0. The first-order valence-electron chi connectivity index (χ1n) is 4.56. The van der Waals surface area contributed by atoms with E-state index in [1.807, 2.05) is 6.92 Å². The molecule has 0 bridgehead atoms. The third-order valence-corrected chi connectivity index (χ3v) is 2.88. The Morgan fingerprint density at radius 2 is 2.17 bits per heavy atom. The van der Waals surface area contributed by atoms with Gasteiger partial charge in [0.05, 0.1) is 18.3 Å². The lowest BCUT2D eigenvalue weighted by molar-refractivity contribution is -0.135. The second-order valence-corrected chi connectivity index (χ2v) is 4.57. The van der Waals surface area contributed by atoms with Crippen molar-refractivity contribution in [2.24, 2.45) is 0 Å². The topological polar surface area (TPSA) is 18.5 Å². The van der Waals surface area contributed by atoms with Crippen molar-refractivity contribution < 1.29 is 9.47 Å². The van der Waals surface area contributed by atoms with Crippen LogP contribution in [-0.2, 0) is 9.47 Å². The highest BCUT2D eigenvalue weighted by molar-refractivity contribution is 9.09. The highest BCUT2D eigenvalue weighted by Gasteiger charge is 2.41. The van der Waals surface area contributed by atoms with Crippen LogP contribution in [0.3, 0.4) is 0 Å². The second kappa shape index (κ2) is 4.58. The largest absolute Gasteiger partial charge is 0.375 e. The molecule has 0 heterocycles. The maximum Gasteiger partial charge on any atom is 0.0962 e. The summed E-state index contributed by atoms with van der Waals surface area (Å²) in [5.41, 5.74) is 0. The predicted octanol–water partition coefficient (Wildman–Crippen LogP) is 2.35. The Bertz CT molecular complexity index is 138. The van der Waals surface area contributed by atoms with Crippen LogP contribution >= 0.6 is 15.9 Å². The van der Waals surface area contributed by atoms with Gasteiger partial charge < -0.3 is 9.47 Å². The molecule has 0 spiro atoms. The van der Waals surface area contributed by atoms with Crippen molar-refractivity contribution in [2.75, 3.05) is 6.61 Å². The van der Waals surface area contributed by atoms with Crippen molar-refractivity contribution in [3.8, 4) is 0 Å². The lowest BCUT2D eigenvalue weighted by atomic mass is 9.91. The van der Waals surface area contributed by atoms with Crippen LogP contribution < -0.4 is 0 Å². The van der Waals surface area contributed by atoms with Gasteiger partial charge in [-0.3, -0.25) is 0 Å². The molecule has 12 heavy (non-hydrogen) atoms. The maximum atomic E-state index is 5.67. The Kier molecular flexibility index (Phi) is 4.00. The Balaban J connectivity index is 2.27. The summed E-state index contributed by atoms with van der Waals surface area (Å²) in [6.07, 6.45) is 1.94. The second-order valence-electron chi connectivity index (χ2n) is 3.39. The summed E-state index contributed by atoms with van der Waals surface area (Å²) < 4.78 is 11.2. The molecule has 1 fully saturated rings. The molecule has 0 radical (unpaired) electrons. The summed E-state index contributed by atoms with van der Waals surface area (Å²) in [5.74, 6) is 0. The van der Waals surface area contributed by atoms with Crippen molar-refractivity contribution in [3.05, 3.63) is 0 Å². The van der Waals surface area contributed by atoms with Crippen LogP contribution in [0, 0.1) is 0 Å². The fourth-order valence-electron chi connectivity index (χ4n) is 1.41. The standard InChI is InChI=1S/C9H17BrO2/c1-4-11-9-7(10)5-8(9)12-6(2)3/h6-9H,4-5H2,1-3H3. The van der Waals surface area contributed by atoms with Crippen molar-refractivity contribution in [1.29, 1.82) is 0 Å². The number of hydrogen-bond acceptors (Lipinski definition) is 2. The minimum absolute atomic E-state index is 0.261. The van der Waals surface area contributed by atoms with Crippen LogP contribution in [-0.4, -0.2) is 29.7 Å². The van der Waals surface area contributed by atoms with E-state index in [0.717, 1.165) is 13.0 Å². The molecule has 0 amide bonds. The third kappa shape index (κ3) is 2.44.